The molecule has 1 unspecified atom stereocenters. The number of aryl methyl sites for hydroxylation is 1. The minimum atomic E-state index is -0.834. The number of hydrogen-bond acceptors (Lipinski definition) is 1. The molecule has 100 valence electrons. The van der Waals surface area contributed by atoms with Crippen molar-refractivity contribution in [2.45, 2.75) is 13.0 Å². The second-order valence-electron chi connectivity index (χ2n) is 4.34. The fourth-order valence-corrected chi connectivity index (χ4v) is 2.32. The Labute approximate surface area is 116 Å². The minimum Gasteiger partial charge on any atom is -0.309 e. The lowest BCUT2D eigenvalue weighted by Gasteiger charge is -2.19. The summed E-state index contributed by atoms with van der Waals surface area (Å²) in [5, 5.41) is 3.49. The number of rotatable bonds is 3. The Bertz CT molecular complexity index is 599. The molecule has 1 atom stereocenters. The van der Waals surface area contributed by atoms with Gasteiger partial charge < -0.3 is 5.32 Å². The van der Waals surface area contributed by atoms with Crippen molar-refractivity contribution in [2.24, 2.45) is 0 Å². The molecule has 0 aliphatic carbocycles. The van der Waals surface area contributed by atoms with Crippen LogP contribution in [0.25, 0.3) is 0 Å². The van der Waals surface area contributed by atoms with E-state index in [4.69, 9.17) is 11.6 Å². The van der Waals surface area contributed by atoms with Gasteiger partial charge in [0.15, 0.2) is 11.6 Å². The topological polar surface area (TPSA) is 12.0 Å². The van der Waals surface area contributed by atoms with Gasteiger partial charge in [-0.15, -0.1) is 0 Å². The molecule has 0 saturated carbocycles. The fourth-order valence-electron chi connectivity index (χ4n) is 2.07. The summed E-state index contributed by atoms with van der Waals surface area (Å²) < 4.78 is 27.7. The van der Waals surface area contributed by atoms with Crippen molar-refractivity contribution in [3.05, 3.63) is 69.7 Å². The second kappa shape index (κ2) is 5.68. The van der Waals surface area contributed by atoms with Crippen LogP contribution >= 0.6 is 11.6 Å². The van der Waals surface area contributed by atoms with Gasteiger partial charge in [0.25, 0.3) is 0 Å². The van der Waals surface area contributed by atoms with E-state index in [1.807, 2.05) is 6.07 Å². The minimum absolute atomic E-state index is 0.249. The van der Waals surface area contributed by atoms with E-state index < -0.39 is 17.7 Å². The Hall–Kier alpha value is -1.45. The monoisotopic (exact) mass is 281 g/mol. The Kier molecular flexibility index (Phi) is 4.17. The summed E-state index contributed by atoms with van der Waals surface area (Å²) in [6.45, 7) is 1.53. The van der Waals surface area contributed by atoms with Crippen LogP contribution in [0.1, 0.15) is 22.7 Å². The Balaban J connectivity index is 2.55. The molecule has 1 nitrogen and oxygen atoms in total. The van der Waals surface area contributed by atoms with Crippen LogP contribution in [0.4, 0.5) is 8.78 Å². The highest BCUT2D eigenvalue weighted by Crippen LogP contribution is 2.30. The van der Waals surface area contributed by atoms with E-state index in [1.165, 1.54) is 6.92 Å². The fraction of sp³-hybridized carbons (Fsp3) is 0.200. The lowest BCUT2D eigenvalue weighted by molar-refractivity contribution is 0.482. The van der Waals surface area contributed by atoms with Crippen molar-refractivity contribution < 1.29 is 8.78 Å². The van der Waals surface area contributed by atoms with E-state index in [9.17, 15) is 8.78 Å². The first-order valence-electron chi connectivity index (χ1n) is 5.92. The first-order chi connectivity index (χ1) is 9.06. The number of halogens is 3. The molecule has 0 aliphatic heterocycles. The van der Waals surface area contributed by atoms with Crippen LogP contribution in [0.2, 0.25) is 5.02 Å². The van der Waals surface area contributed by atoms with Crippen molar-refractivity contribution in [3.63, 3.8) is 0 Å². The van der Waals surface area contributed by atoms with Crippen LogP contribution in [-0.4, -0.2) is 7.05 Å². The van der Waals surface area contributed by atoms with Crippen LogP contribution in [0.5, 0.6) is 0 Å². The van der Waals surface area contributed by atoms with Crippen LogP contribution in [-0.2, 0) is 0 Å². The molecule has 0 fully saturated rings. The zero-order chi connectivity index (χ0) is 14.0. The van der Waals surface area contributed by atoms with Gasteiger partial charge in [-0.25, -0.2) is 8.78 Å². The molecule has 4 heteroatoms. The molecular formula is C15H14ClF2N. The van der Waals surface area contributed by atoms with E-state index in [-0.39, 0.29) is 11.1 Å². The first kappa shape index (κ1) is 14.0. The molecule has 1 N–H and O–H groups in total. The average molecular weight is 282 g/mol. The first-order valence-corrected chi connectivity index (χ1v) is 6.30. The lowest BCUT2D eigenvalue weighted by Crippen LogP contribution is -2.20. The third-order valence-electron chi connectivity index (χ3n) is 3.12. The maximum atomic E-state index is 14.1. The molecule has 0 heterocycles. The van der Waals surface area contributed by atoms with Gasteiger partial charge in [-0.05, 0) is 31.2 Å². The van der Waals surface area contributed by atoms with E-state index in [1.54, 1.807) is 37.4 Å². The van der Waals surface area contributed by atoms with Gasteiger partial charge in [0.05, 0.1) is 6.04 Å². The number of benzene rings is 2. The summed E-state index contributed by atoms with van der Waals surface area (Å²) in [6, 6.07) is 9.79. The number of hydrogen-bond donors (Lipinski definition) is 1. The largest absolute Gasteiger partial charge is 0.309 e. The van der Waals surface area contributed by atoms with E-state index in [0.717, 1.165) is 0 Å². The molecular weight excluding hydrogens is 268 g/mol. The maximum absolute atomic E-state index is 14.1. The summed E-state index contributed by atoms with van der Waals surface area (Å²) in [5.74, 6) is -1.65. The standard InChI is InChI=1S/C15H14ClF2N/c1-9-7-8-11(14(18)13(9)17)15(19-2)10-5-3-4-6-12(10)16/h3-8,15,19H,1-2H3. The van der Waals surface area contributed by atoms with E-state index >= 15 is 0 Å². The zero-order valence-electron chi connectivity index (χ0n) is 10.7. The van der Waals surface area contributed by atoms with Gasteiger partial charge in [0, 0.05) is 10.6 Å². The van der Waals surface area contributed by atoms with Crippen LogP contribution < -0.4 is 5.32 Å². The highest BCUT2D eigenvalue weighted by molar-refractivity contribution is 6.31. The van der Waals surface area contributed by atoms with Crippen LogP contribution in [0.3, 0.4) is 0 Å². The number of nitrogens with one attached hydrogen (secondary N) is 1. The predicted molar refractivity (Wildman–Crippen MR) is 73.4 cm³/mol. The quantitative estimate of drug-likeness (QED) is 0.887. The molecule has 0 saturated heterocycles. The lowest BCUT2D eigenvalue weighted by atomic mass is 9.97. The Morgan fingerprint density at radius 1 is 1.00 bits per heavy atom. The summed E-state index contributed by atoms with van der Waals surface area (Å²) in [5.41, 5.74) is 1.25. The molecule has 0 radical (unpaired) electrons. The van der Waals surface area contributed by atoms with E-state index in [0.29, 0.717) is 10.6 Å². The molecule has 2 aromatic rings. The van der Waals surface area contributed by atoms with Gasteiger partial charge >= 0.3 is 0 Å². The summed E-state index contributed by atoms with van der Waals surface area (Å²) in [6.07, 6.45) is 0. The smallest absolute Gasteiger partial charge is 0.164 e. The van der Waals surface area contributed by atoms with Gasteiger partial charge in [-0.1, -0.05) is 41.9 Å². The average Bonchev–Trinajstić information content (AvgIpc) is 2.41. The van der Waals surface area contributed by atoms with Crippen molar-refractivity contribution in [1.82, 2.24) is 5.32 Å². The third kappa shape index (κ3) is 2.62. The molecule has 0 bridgehead atoms. The SMILES string of the molecule is CNC(c1ccccc1Cl)c1ccc(C)c(F)c1F. The van der Waals surface area contributed by atoms with Crippen molar-refractivity contribution in [3.8, 4) is 0 Å². The normalized spacial score (nSPS) is 12.5. The van der Waals surface area contributed by atoms with Crippen molar-refractivity contribution in [2.75, 3.05) is 7.05 Å². The summed E-state index contributed by atoms with van der Waals surface area (Å²) in [7, 11) is 1.69. The Morgan fingerprint density at radius 2 is 1.68 bits per heavy atom. The summed E-state index contributed by atoms with van der Waals surface area (Å²) in [4.78, 5) is 0. The second-order valence-corrected chi connectivity index (χ2v) is 4.75. The molecule has 0 aromatic heterocycles. The molecule has 19 heavy (non-hydrogen) atoms. The van der Waals surface area contributed by atoms with Crippen LogP contribution in [0.15, 0.2) is 36.4 Å². The van der Waals surface area contributed by atoms with Gasteiger partial charge in [0.1, 0.15) is 0 Å². The van der Waals surface area contributed by atoms with Crippen molar-refractivity contribution in [1.29, 1.82) is 0 Å². The highest BCUT2D eigenvalue weighted by Gasteiger charge is 2.21. The molecule has 2 aromatic carbocycles. The molecule has 0 spiro atoms. The highest BCUT2D eigenvalue weighted by atomic mass is 35.5. The predicted octanol–water partition coefficient (Wildman–Crippen LogP) is 4.24. The van der Waals surface area contributed by atoms with Crippen molar-refractivity contribution >= 4 is 11.6 Å². The Morgan fingerprint density at radius 3 is 2.32 bits per heavy atom. The summed E-state index contributed by atoms with van der Waals surface area (Å²) >= 11 is 6.11. The van der Waals surface area contributed by atoms with Gasteiger partial charge in [-0.3, -0.25) is 0 Å². The van der Waals surface area contributed by atoms with E-state index in [2.05, 4.69) is 5.32 Å². The van der Waals surface area contributed by atoms with Crippen LogP contribution in [0, 0.1) is 18.6 Å². The maximum Gasteiger partial charge on any atom is 0.164 e. The molecule has 0 aliphatic rings. The zero-order valence-corrected chi connectivity index (χ0v) is 11.4. The van der Waals surface area contributed by atoms with Gasteiger partial charge in [-0.2, -0.15) is 0 Å². The molecule has 0 amide bonds. The van der Waals surface area contributed by atoms with Gasteiger partial charge in [0.2, 0.25) is 0 Å². The molecule has 2 rings (SSSR count). The third-order valence-corrected chi connectivity index (χ3v) is 3.47.